The highest BCUT2D eigenvalue weighted by molar-refractivity contribution is 4.89. The maximum Gasteiger partial charge on any atom is 0.243 e. The summed E-state index contributed by atoms with van der Waals surface area (Å²) in [5, 5.41) is 3.68. The SMILES string of the molecule is CCCCC(N)c1nc(C)no1. The van der Waals surface area contributed by atoms with Gasteiger partial charge in [0.25, 0.3) is 0 Å². The van der Waals surface area contributed by atoms with Crippen LogP contribution in [0.4, 0.5) is 0 Å². The first-order valence-corrected chi connectivity index (χ1v) is 4.29. The molecule has 1 aromatic heterocycles. The first-order chi connectivity index (χ1) is 5.74. The van der Waals surface area contributed by atoms with Crippen LogP contribution in [0.1, 0.15) is 43.9 Å². The summed E-state index contributed by atoms with van der Waals surface area (Å²) in [6.07, 6.45) is 3.15. The molecule has 1 aromatic rings. The molecule has 2 N–H and O–H groups in total. The second kappa shape index (κ2) is 4.21. The third-order valence-corrected chi connectivity index (χ3v) is 1.73. The molecule has 1 heterocycles. The van der Waals surface area contributed by atoms with Gasteiger partial charge in [0.05, 0.1) is 6.04 Å². The van der Waals surface area contributed by atoms with Gasteiger partial charge in [0, 0.05) is 0 Å². The number of aromatic nitrogens is 2. The maximum absolute atomic E-state index is 5.80. The molecule has 1 unspecified atom stereocenters. The van der Waals surface area contributed by atoms with Gasteiger partial charge in [-0.05, 0) is 13.3 Å². The van der Waals surface area contributed by atoms with Gasteiger partial charge in [-0.25, -0.2) is 0 Å². The van der Waals surface area contributed by atoms with Crippen LogP contribution in [0.3, 0.4) is 0 Å². The molecule has 0 bridgehead atoms. The molecule has 68 valence electrons. The molecule has 0 spiro atoms. The van der Waals surface area contributed by atoms with E-state index in [0.29, 0.717) is 11.7 Å². The quantitative estimate of drug-likeness (QED) is 0.743. The maximum atomic E-state index is 5.80. The lowest BCUT2D eigenvalue weighted by molar-refractivity contribution is 0.343. The van der Waals surface area contributed by atoms with Crippen molar-refractivity contribution in [2.24, 2.45) is 5.73 Å². The molecule has 4 nitrogen and oxygen atoms in total. The lowest BCUT2D eigenvalue weighted by Gasteiger charge is -2.03. The average molecular weight is 169 g/mol. The topological polar surface area (TPSA) is 64.9 Å². The van der Waals surface area contributed by atoms with Crippen LogP contribution in [-0.2, 0) is 0 Å². The number of aryl methyl sites for hydroxylation is 1. The summed E-state index contributed by atoms with van der Waals surface area (Å²) in [7, 11) is 0. The van der Waals surface area contributed by atoms with E-state index in [2.05, 4.69) is 17.1 Å². The van der Waals surface area contributed by atoms with Gasteiger partial charge < -0.3 is 10.3 Å². The van der Waals surface area contributed by atoms with Gasteiger partial charge in [0.15, 0.2) is 5.82 Å². The number of hydrogen-bond donors (Lipinski definition) is 1. The highest BCUT2D eigenvalue weighted by Gasteiger charge is 2.11. The Hall–Kier alpha value is -0.900. The summed E-state index contributed by atoms with van der Waals surface area (Å²) >= 11 is 0. The monoisotopic (exact) mass is 169 g/mol. The third-order valence-electron chi connectivity index (χ3n) is 1.73. The predicted molar refractivity (Wildman–Crippen MR) is 45.5 cm³/mol. The van der Waals surface area contributed by atoms with E-state index >= 15 is 0 Å². The van der Waals surface area contributed by atoms with E-state index in [1.807, 2.05) is 0 Å². The molecule has 12 heavy (non-hydrogen) atoms. The number of hydrogen-bond acceptors (Lipinski definition) is 4. The summed E-state index contributed by atoms with van der Waals surface area (Å²) in [6, 6.07) is -0.0915. The molecule has 0 amide bonds. The first-order valence-electron chi connectivity index (χ1n) is 4.29. The van der Waals surface area contributed by atoms with Crippen molar-refractivity contribution >= 4 is 0 Å². The summed E-state index contributed by atoms with van der Waals surface area (Å²) in [5.74, 6) is 1.21. The lowest BCUT2D eigenvalue weighted by atomic mass is 10.1. The van der Waals surface area contributed by atoms with Gasteiger partial charge in [0.2, 0.25) is 5.89 Å². The van der Waals surface area contributed by atoms with Crippen molar-refractivity contribution < 1.29 is 4.52 Å². The Kier molecular flexibility index (Phi) is 3.22. The number of nitrogens with zero attached hydrogens (tertiary/aromatic N) is 2. The standard InChI is InChI=1S/C8H15N3O/c1-3-4-5-7(9)8-10-6(2)11-12-8/h7H,3-5,9H2,1-2H3. The van der Waals surface area contributed by atoms with Gasteiger partial charge in [0.1, 0.15) is 0 Å². The summed E-state index contributed by atoms with van der Waals surface area (Å²) in [4.78, 5) is 4.06. The van der Waals surface area contributed by atoms with Crippen LogP contribution < -0.4 is 5.73 Å². The first kappa shape index (κ1) is 9.19. The third kappa shape index (κ3) is 2.30. The molecule has 0 aromatic carbocycles. The second-order valence-electron chi connectivity index (χ2n) is 2.93. The second-order valence-corrected chi connectivity index (χ2v) is 2.93. The molecule has 0 saturated carbocycles. The molecule has 0 saturated heterocycles. The average Bonchev–Trinajstić information content (AvgIpc) is 2.47. The van der Waals surface area contributed by atoms with E-state index in [1.165, 1.54) is 0 Å². The predicted octanol–water partition coefficient (Wildman–Crippen LogP) is 1.57. The zero-order chi connectivity index (χ0) is 8.97. The summed E-state index contributed by atoms with van der Waals surface area (Å²) < 4.78 is 4.94. The molecule has 0 radical (unpaired) electrons. The zero-order valence-electron chi connectivity index (χ0n) is 7.58. The smallest absolute Gasteiger partial charge is 0.243 e. The molecular formula is C8H15N3O. The molecule has 1 atom stereocenters. The molecule has 0 aliphatic carbocycles. The van der Waals surface area contributed by atoms with E-state index in [4.69, 9.17) is 10.3 Å². The summed E-state index contributed by atoms with van der Waals surface area (Å²) in [6.45, 7) is 3.92. The van der Waals surface area contributed by atoms with Crippen molar-refractivity contribution in [3.8, 4) is 0 Å². The minimum Gasteiger partial charge on any atom is -0.338 e. The van der Waals surface area contributed by atoms with E-state index in [0.717, 1.165) is 19.3 Å². The van der Waals surface area contributed by atoms with Crippen LogP contribution in [0.15, 0.2) is 4.52 Å². The van der Waals surface area contributed by atoms with Crippen LogP contribution in [0.2, 0.25) is 0 Å². The Bertz CT molecular complexity index is 234. The van der Waals surface area contributed by atoms with Gasteiger partial charge in [-0.3, -0.25) is 0 Å². The van der Waals surface area contributed by atoms with Crippen molar-refractivity contribution in [3.63, 3.8) is 0 Å². The fraction of sp³-hybridized carbons (Fsp3) is 0.750. The molecule has 0 aliphatic heterocycles. The largest absolute Gasteiger partial charge is 0.338 e. The van der Waals surface area contributed by atoms with Crippen LogP contribution in [0.25, 0.3) is 0 Å². The van der Waals surface area contributed by atoms with E-state index in [1.54, 1.807) is 6.92 Å². The number of unbranched alkanes of at least 4 members (excludes halogenated alkanes) is 1. The Morgan fingerprint density at radius 3 is 2.83 bits per heavy atom. The fourth-order valence-corrected chi connectivity index (χ4v) is 1.01. The molecular weight excluding hydrogens is 154 g/mol. The van der Waals surface area contributed by atoms with E-state index in [9.17, 15) is 0 Å². The van der Waals surface area contributed by atoms with Gasteiger partial charge in [-0.15, -0.1) is 0 Å². The Labute approximate surface area is 72.1 Å². The number of rotatable bonds is 4. The van der Waals surface area contributed by atoms with Crippen molar-refractivity contribution in [3.05, 3.63) is 11.7 Å². The Balaban J connectivity index is 2.47. The van der Waals surface area contributed by atoms with Crippen molar-refractivity contribution in [2.75, 3.05) is 0 Å². The van der Waals surface area contributed by atoms with Gasteiger partial charge in [-0.2, -0.15) is 4.98 Å². The van der Waals surface area contributed by atoms with Crippen LogP contribution in [0, 0.1) is 6.92 Å². The van der Waals surface area contributed by atoms with Gasteiger partial charge in [-0.1, -0.05) is 24.9 Å². The van der Waals surface area contributed by atoms with Crippen LogP contribution >= 0.6 is 0 Å². The van der Waals surface area contributed by atoms with Crippen molar-refractivity contribution in [1.82, 2.24) is 10.1 Å². The molecule has 0 aliphatic rings. The summed E-state index contributed by atoms with van der Waals surface area (Å²) in [5.41, 5.74) is 5.80. The van der Waals surface area contributed by atoms with Gasteiger partial charge >= 0.3 is 0 Å². The zero-order valence-corrected chi connectivity index (χ0v) is 7.58. The fourth-order valence-electron chi connectivity index (χ4n) is 1.01. The molecule has 4 heteroatoms. The highest BCUT2D eigenvalue weighted by Crippen LogP contribution is 2.13. The van der Waals surface area contributed by atoms with Crippen LogP contribution in [0.5, 0.6) is 0 Å². The van der Waals surface area contributed by atoms with E-state index in [-0.39, 0.29) is 6.04 Å². The van der Waals surface area contributed by atoms with E-state index < -0.39 is 0 Å². The Morgan fingerprint density at radius 1 is 1.58 bits per heavy atom. The van der Waals surface area contributed by atoms with Crippen molar-refractivity contribution in [2.45, 2.75) is 39.2 Å². The lowest BCUT2D eigenvalue weighted by Crippen LogP contribution is -2.10. The minimum atomic E-state index is -0.0915. The normalized spacial score (nSPS) is 13.2. The minimum absolute atomic E-state index is 0.0915. The molecule has 0 fully saturated rings. The number of nitrogens with two attached hydrogens (primary N) is 1. The van der Waals surface area contributed by atoms with Crippen molar-refractivity contribution in [1.29, 1.82) is 0 Å². The van der Waals surface area contributed by atoms with Crippen LogP contribution in [-0.4, -0.2) is 10.1 Å². The Morgan fingerprint density at radius 2 is 2.33 bits per heavy atom. The highest BCUT2D eigenvalue weighted by atomic mass is 16.5. The molecule has 1 rings (SSSR count).